The first kappa shape index (κ1) is 22.4. The fourth-order valence-corrected chi connectivity index (χ4v) is 8.92. The van der Waals surface area contributed by atoms with Gasteiger partial charge in [0.05, 0.1) is 12.2 Å². The van der Waals surface area contributed by atoms with E-state index in [1.165, 1.54) is 56.9 Å². The molecule has 1 heterocycles. The van der Waals surface area contributed by atoms with E-state index in [1.807, 2.05) is 12.3 Å². The molecule has 0 bridgehead atoms. The number of nitrogens with zero attached hydrogens (tertiary/aromatic N) is 2. The molecule has 4 saturated carbocycles. The first-order valence-electron chi connectivity index (χ1n) is 13.0. The van der Waals surface area contributed by atoms with Gasteiger partial charge in [0.2, 0.25) is 0 Å². The Hall–Kier alpha value is -1.44. The van der Waals surface area contributed by atoms with Crippen LogP contribution in [0, 0.1) is 52.3 Å². The first-order valence-corrected chi connectivity index (χ1v) is 13.0. The van der Waals surface area contributed by atoms with Gasteiger partial charge in [-0.25, -0.2) is 4.98 Å². The molecule has 0 unspecified atom stereocenters. The van der Waals surface area contributed by atoms with Gasteiger partial charge in [-0.15, -0.1) is 0 Å². The Morgan fingerprint density at radius 1 is 1.09 bits per heavy atom. The molecule has 0 aromatic carbocycles. The summed E-state index contributed by atoms with van der Waals surface area (Å²) in [6.45, 7) is 3.12. The Kier molecular flexibility index (Phi) is 6.10. The minimum Gasteiger partial charge on any atom is -0.387 e. The van der Waals surface area contributed by atoms with Gasteiger partial charge in [0.1, 0.15) is 11.8 Å². The van der Waals surface area contributed by atoms with Crippen molar-refractivity contribution in [1.82, 2.24) is 4.98 Å². The zero-order valence-corrected chi connectivity index (χ0v) is 19.9. The molecular weight excluding hydrogens is 396 g/mol. The molecule has 4 fully saturated rings. The van der Waals surface area contributed by atoms with Crippen LogP contribution in [0.4, 0.5) is 0 Å². The molecule has 4 aliphatic carbocycles. The largest absolute Gasteiger partial charge is 0.387 e. The molecule has 32 heavy (non-hydrogen) atoms. The fourth-order valence-electron chi connectivity index (χ4n) is 8.92. The van der Waals surface area contributed by atoms with Crippen LogP contribution in [0.15, 0.2) is 18.3 Å². The predicted molar refractivity (Wildman–Crippen MR) is 125 cm³/mol. The normalized spacial score (nSPS) is 43.1. The molecule has 4 nitrogen and oxygen atoms in total. The summed E-state index contributed by atoms with van der Waals surface area (Å²) in [6.07, 6.45) is 15.6. The number of ether oxygens (including phenoxy) is 1. The van der Waals surface area contributed by atoms with Crippen molar-refractivity contribution in [3.05, 3.63) is 29.6 Å². The number of nitriles is 1. The SMILES string of the molecule is COC[C@@]1(O)CC[C@H]2[C@H](CC[C@@H]3[C@@H]2CC[C@]2(C)[C@@H](CCc4ccc(C#N)nc4)CC[C@@H]32)C1. The molecular formula is C28H40N2O2. The standard InChI is InChI=1S/C28H40N2O2/c1-27-13-11-24-23-12-14-28(31,18-32-2)15-20(23)5-9-25(24)26(27)10-7-21(27)6-3-19-4-8-22(16-29)30-17-19/h4,8,17,20-21,23-26,31H,3,5-7,9-15,18H2,1-2H3/t20-,21+,23+,24-,25-,26+,27-,28-/m1/s1. The van der Waals surface area contributed by atoms with E-state index >= 15 is 0 Å². The van der Waals surface area contributed by atoms with Crippen molar-refractivity contribution in [1.29, 1.82) is 5.26 Å². The topological polar surface area (TPSA) is 66.1 Å². The van der Waals surface area contributed by atoms with Gasteiger partial charge in [-0.05, 0) is 123 Å². The summed E-state index contributed by atoms with van der Waals surface area (Å²) >= 11 is 0. The number of pyridine rings is 1. The molecule has 4 aliphatic rings. The number of rotatable bonds is 5. The molecule has 0 aliphatic heterocycles. The summed E-state index contributed by atoms with van der Waals surface area (Å²) in [4.78, 5) is 4.27. The smallest absolute Gasteiger partial charge is 0.140 e. The van der Waals surface area contributed by atoms with Crippen molar-refractivity contribution in [2.45, 2.75) is 83.2 Å². The maximum atomic E-state index is 11.0. The number of hydrogen-bond donors (Lipinski definition) is 1. The minimum atomic E-state index is -0.579. The molecule has 174 valence electrons. The number of hydrogen-bond acceptors (Lipinski definition) is 4. The van der Waals surface area contributed by atoms with Crippen LogP contribution in [0.2, 0.25) is 0 Å². The molecule has 1 aromatic rings. The lowest BCUT2D eigenvalue weighted by molar-refractivity contribution is -0.124. The zero-order chi connectivity index (χ0) is 22.3. The number of aryl methyl sites for hydroxylation is 1. The molecule has 0 spiro atoms. The van der Waals surface area contributed by atoms with Crippen molar-refractivity contribution in [2.24, 2.45) is 40.9 Å². The second-order valence-corrected chi connectivity index (χ2v) is 11.9. The third kappa shape index (κ3) is 3.90. The summed E-state index contributed by atoms with van der Waals surface area (Å²) in [5.41, 5.74) is 1.71. The van der Waals surface area contributed by atoms with Gasteiger partial charge in [-0.3, -0.25) is 0 Å². The fraction of sp³-hybridized carbons (Fsp3) is 0.786. The lowest BCUT2D eigenvalue weighted by atomic mass is 9.49. The van der Waals surface area contributed by atoms with Crippen LogP contribution in [0.3, 0.4) is 0 Å². The second kappa shape index (κ2) is 8.73. The Labute approximate surface area is 193 Å². The van der Waals surface area contributed by atoms with Gasteiger partial charge >= 0.3 is 0 Å². The van der Waals surface area contributed by atoms with E-state index in [4.69, 9.17) is 10.00 Å². The summed E-state index contributed by atoms with van der Waals surface area (Å²) in [6, 6.07) is 6.07. The van der Waals surface area contributed by atoms with Crippen LogP contribution in [0.5, 0.6) is 0 Å². The highest BCUT2D eigenvalue weighted by Gasteiger charge is 2.57. The molecule has 4 heteroatoms. The first-order chi connectivity index (χ1) is 15.5. The lowest BCUT2D eigenvalue weighted by Gasteiger charge is -2.57. The maximum absolute atomic E-state index is 11.0. The van der Waals surface area contributed by atoms with Crippen LogP contribution >= 0.6 is 0 Å². The molecule has 0 radical (unpaired) electrons. The van der Waals surface area contributed by atoms with E-state index in [1.54, 1.807) is 7.11 Å². The van der Waals surface area contributed by atoms with Crippen molar-refractivity contribution < 1.29 is 9.84 Å². The number of aromatic nitrogens is 1. The van der Waals surface area contributed by atoms with Crippen molar-refractivity contribution in [3.63, 3.8) is 0 Å². The molecule has 8 atom stereocenters. The summed E-state index contributed by atoms with van der Waals surface area (Å²) in [7, 11) is 1.72. The quantitative estimate of drug-likeness (QED) is 0.659. The van der Waals surface area contributed by atoms with Gasteiger partial charge < -0.3 is 9.84 Å². The van der Waals surface area contributed by atoms with E-state index < -0.39 is 5.60 Å². The summed E-state index contributed by atoms with van der Waals surface area (Å²) in [5.74, 6) is 5.05. The van der Waals surface area contributed by atoms with E-state index in [0.717, 1.165) is 48.9 Å². The summed E-state index contributed by atoms with van der Waals surface area (Å²) < 4.78 is 5.35. The van der Waals surface area contributed by atoms with Crippen LogP contribution < -0.4 is 0 Å². The van der Waals surface area contributed by atoms with E-state index in [9.17, 15) is 5.11 Å². The maximum Gasteiger partial charge on any atom is 0.140 e. The van der Waals surface area contributed by atoms with Gasteiger partial charge in [0.15, 0.2) is 0 Å². The average Bonchev–Trinajstić information content (AvgIpc) is 3.14. The van der Waals surface area contributed by atoms with Gasteiger partial charge in [-0.2, -0.15) is 5.26 Å². The Morgan fingerprint density at radius 3 is 2.69 bits per heavy atom. The molecule has 0 saturated heterocycles. The van der Waals surface area contributed by atoms with Crippen LogP contribution in [0.25, 0.3) is 0 Å². The van der Waals surface area contributed by atoms with Crippen LogP contribution in [-0.4, -0.2) is 29.4 Å². The average molecular weight is 437 g/mol. The molecule has 5 rings (SSSR count). The van der Waals surface area contributed by atoms with E-state index in [-0.39, 0.29) is 0 Å². The molecule has 0 amide bonds. The number of fused-ring (bicyclic) bond motifs is 5. The zero-order valence-electron chi connectivity index (χ0n) is 19.9. The van der Waals surface area contributed by atoms with E-state index in [2.05, 4.69) is 24.0 Å². The van der Waals surface area contributed by atoms with Gasteiger partial charge in [0, 0.05) is 13.3 Å². The highest BCUT2D eigenvalue weighted by Crippen LogP contribution is 2.65. The van der Waals surface area contributed by atoms with Crippen molar-refractivity contribution in [3.8, 4) is 6.07 Å². The summed E-state index contributed by atoms with van der Waals surface area (Å²) in [5, 5.41) is 19.9. The second-order valence-electron chi connectivity index (χ2n) is 11.9. The van der Waals surface area contributed by atoms with Crippen molar-refractivity contribution in [2.75, 3.05) is 13.7 Å². The van der Waals surface area contributed by atoms with Crippen LogP contribution in [0.1, 0.15) is 82.4 Å². The number of methoxy groups -OCH3 is 1. The van der Waals surface area contributed by atoms with Gasteiger partial charge in [-0.1, -0.05) is 13.0 Å². The molecule has 1 N–H and O–H groups in total. The highest BCUT2D eigenvalue weighted by molar-refractivity contribution is 5.23. The highest BCUT2D eigenvalue weighted by atomic mass is 16.5. The van der Waals surface area contributed by atoms with E-state index in [0.29, 0.717) is 23.6 Å². The number of aliphatic hydroxyl groups is 1. The van der Waals surface area contributed by atoms with Crippen molar-refractivity contribution >= 4 is 0 Å². The minimum absolute atomic E-state index is 0.499. The monoisotopic (exact) mass is 436 g/mol. The third-order valence-electron chi connectivity index (χ3n) is 10.4. The lowest BCUT2D eigenvalue weighted by Crippen LogP contribution is -2.51. The van der Waals surface area contributed by atoms with Gasteiger partial charge in [0.25, 0.3) is 0 Å². The Balaban J connectivity index is 1.23. The third-order valence-corrected chi connectivity index (χ3v) is 10.4. The Bertz CT molecular complexity index is 848. The molecule has 1 aromatic heterocycles. The predicted octanol–water partition coefficient (Wildman–Crippen LogP) is 5.53. The Morgan fingerprint density at radius 2 is 1.94 bits per heavy atom. The van der Waals surface area contributed by atoms with Crippen LogP contribution in [-0.2, 0) is 11.2 Å².